The third kappa shape index (κ3) is 3.02. The van der Waals surface area contributed by atoms with Crippen LogP contribution in [-0.4, -0.2) is 23.1 Å². The molecule has 0 spiro atoms. The van der Waals surface area contributed by atoms with Crippen LogP contribution < -0.4 is 0 Å². The van der Waals surface area contributed by atoms with Gasteiger partial charge in [-0.1, -0.05) is 47.5 Å². The van der Waals surface area contributed by atoms with Gasteiger partial charge in [0.25, 0.3) is 0 Å². The van der Waals surface area contributed by atoms with Crippen molar-refractivity contribution in [2.45, 2.75) is 25.5 Å². The summed E-state index contributed by atoms with van der Waals surface area (Å²) in [6, 6.07) is 13.6. The van der Waals surface area contributed by atoms with Gasteiger partial charge < -0.3 is 5.11 Å². The highest BCUT2D eigenvalue weighted by Crippen LogP contribution is 2.33. The van der Waals surface area contributed by atoms with E-state index >= 15 is 0 Å². The van der Waals surface area contributed by atoms with E-state index in [2.05, 4.69) is 4.90 Å². The van der Waals surface area contributed by atoms with E-state index in [9.17, 15) is 5.11 Å². The van der Waals surface area contributed by atoms with Crippen molar-refractivity contribution < 1.29 is 5.11 Å². The lowest BCUT2D eigenvalue weighted by atomic mass is 9.97. The highest BCUT2D eigenvalue weighted by atomic mass is 35.5. The maximum absolute atomic E-state index is 10.9. The summed E-state index contributed by atoms with van der Waals surface area (Å²) >= 11 is 12.1. The Balaban J connectivity index is 1.96. The van der Waals surface area contributed by atoms with Crippen LogP contribution >= 0.6 is 23.2 Å². The topological polar surface area (TPSA) is 23.5 Å². The van der Waals surface area contributed by atoms with Crippen molar-refractivity contribution in [1.82, 2.24) is 4.90 Å². The van der Waals surface area contributed by atoms with Crippen LogP contribution in [-0.2, 0) is 5.72 Å². The molecule has 1 aliphatic rings. The zero-order chi connectivity index (χ0) is 15.7. The van der Waals surface area contributed by atoms with Crippen molar-refractivity contribution in [3.8, 4) is 11.1 Å². The summed E-state index contributed by atoms with van der Waals surface area (Å²) in [4.78, 5) is 2.13. The van der Waals surface area contributed by atoms with E-state index < -0.39 is 5.72 Å². The molecule has 0 aromatic heterocycles. The normalized spacial score (nSPS) is 18.4. The van der Waals surface area contributed by atoms with Gasteiger partial charge >= 0.3 is 0 Å². The molecular weight excluding hydrogens is 317 g/mol. The van der Waals surface area contributed by atoms with Crippen LogP contribution in [0, 0.1) is 0 Å². The molecule has 0 amide bonds. The maximum Gasteiger partial charge on any atom is 0.141 e. The summed E-state index contributed by atoms with van der Waals surface area (Å²) < 4.78 is 0. The van der Waals surface area contributed by atoms with Crippen molar-refractivity contribution in [1.29, 1.82) is 0 Å². The summed E-state index contributed by atoms with van der Waals surface area (Å²) in [7, 11) is 0. The van der Waals surface area contributed by atoms with Crippen LogP contribution in [0.1, 0.15) is 25.3 Å². The Morgan fingerprint density at radius 2 is 1.64 bits per heavy atom. The van der Waals surface area contributed by atoms with Gasteiger partial charge in [-0.15, -0.1) is 0 Å². The first kappa shape index (κ1) is 15.8. The van der Waals surface area contributed by atoms with Crippen molar-refractivity contribution in [2.75, 3.05) is 13.1 Å². The lowest BCUT2D eigenvalue weighted by Gasteiger charge is -2.34. The van der Waals surface area contributed by atoms with E-state index in [1.54, 1.807) is 6.07 Å². The third-order valence-electron chi connectivity index (χ3n) is 4.38. The van der Waals surface area contributed by atoms with Crippen LogP contribution in [0.3, 0.4) is 0 Å². The van der Waals surface area contributed by atoms with Crippen molar-refractivity contribution >= 4 is 23.2 Å². The Kier molecular flexibility index (Phi) is 4.47. The number of aliphatic hydroxyl groups is 1. The molecule has 0 radical (unpaired) electrons. The molecule has 2 nitrogen and oxygen atoms in total. The highest BCUT2D eigenvalue weighted by Gasteiger charge is 2.33. The standard InChI is InChI=1S/C18H19Cl2NO/c1-18(22,21-9-2-3-10-21)15-6-4-5-13(11-15)14-7-8-16(19)17(20)12-14/h4-8,11-12,22H,2-3,9-10H2,1H3. The predicted molar refractivity (Wildman–Crippen MR) is 92.3 cm³/mol. The number of hydrogen-bond donors (Lipinski definition) is 1. The summed E-state index contributed by atoms with van der Waals surface area (Å²) in [5, 5.41) is 12.0. The minimum absolute atomic E-state index is 0.538. The summed E-state index contributed by atoms with van der Waals surface area (Å²) in [5.41, 5.74) is 1.98. The molecule has 0 aliphatic carbocycles. The van der Waals surface area contributed by atoms with E-state index in [-0.39, 0.29) is 0 Å². The van der Waals surface area contributed by atoms with Crippen LogP contribution in [0.2, 0.25) is 10.0 Å². The Hall–Kier alpha value is -1.06. The molecule has 1 unspecified atom stereocenters. The predicted octanol–water partition coefficient (Wildman–Crippen LogP) is 4.92. The average molecular weight is 336 g/mol. The Bertz CT molecular complexity index is 679. The zero-order valence-corrected chi connectivity index (χ0v) is 14.0. The van der Waals surface area contributed by atoms with Gasteiger partial charge in [-0.25, -0.2) is 0 Å². The summed E-state index contributed by atoms with van der Waals surface area (Å²) in [6.07, 6.45) is 2.28. The molecule has 116 valence electrons. The molecule has 1 saturated heterocycles. The van der Waals surface area contributed by atoms with Gasteiger partial charge in [-0.2, -0.15) is 0 Å². The van der Waals surface area contributed by atoms with Crippen molar-refractivity contribution in [2.24, 2.45) is 0 Å². The molecule has 1 fully saturated rings. The molecule has 22 heavy (non-hydrogen) atoms. The van der Waals surface area contributed by atoms with Gasteiger partial charge in [0.2, 0.25) is 0 Å². The first-order valence-corrected chi connectivity index (χ1v) is 8.27. The number of hydrogen-bond acceptors (Lipinski definition) is 2. The smallest absolute Gasteiger partial charge is 0.141 e. The molecule has 0 saturated carbocycles. The van der Waals surface area contributed by atoms with E-state index in [0.717, 1.165) is 42.6 Å². The number of rotatable bonds is 3. The number of halogens is 2. The molecule has 1 N–H and O–H groups in total. The fourth-order valence-corrected chi connectivity index (χ4v) is 3.30. The van der Waals surface area contributed by atoms with Gasteiger partial charge in [-0.05, 0) is 54.7 Å². The largest absolute Gasteiger partial charge is 0.372 e. The highest BCUT2D eigenvalue weighted by molar-refractivity contribution is 6.42. The molecular formula is C18H19Cl2NO. The molecule has 1 aliphatic heterocycles. The minimum Gasteiger partial charge on any atom is -0.372 e. The lowest BCUT2D eigenvalue weighted by molar-refractivity contribution is -0.0882. The van der Waals surface area contributed by atoms with Crippen LogP contribution in [0.5, 0.6) is 0 Å². The molecule has 2 aromatic carbocycles. The van der Waals surface area contributed by atoms with E-state index in [0.29, 0.717) is 10.0 Å². The second-order valence-electron chi connectivity index (χ2n) is 5.92. The van der Waals surface area contributed by atoms with Crippen molar-refractivity contribution in [3.63, 3.8) is 0 Å². The van der Waals surface area contributed by atoms with E-state index in [1.165, 1.54) is 0 Å². The van der Waals surface area contributed by atoms with Crippen LogP contribution in [0.25, 0.3) is 11.1 Å². The molecule has 1 atom stereocenters. The fourth-order valence-electron chi connectivity index (χ4n) is 3.00. The molecule has 4 heteroatoms. The Morgan fingerprint density at radius 1 is 0.955 bits per heavy atom. The first-order valence-electron chi connectivity index (χ1n) is 7.52. The Morgan fingerprint density at radius 3 is 2.32 bits per heavy atom. The third-order valence-corrected chi connectivity index (χ3v) is 5.12. The molecule has 1 heterocycles. The fraction of sp³-hybridized carbons (Fsp3) is 0.333. The quantitative estimate of drug-likeness (QED) is 0.860. The molecule has 2 aromatic rings. The lowest BCUT2D eigenvalue weighted by Crippen LogP contribution is -2.41. The minimum atomic E-state index is -0.942. The van der Waals surface area contributed by atoms with E-state index in [1.807, 2.05) is 43.3 Å². The number of nitrogens with zero attached hydrogens (tertiary/aromatic N) is 1. The first-order chi connectivity index (χ1) is 10.5. The second kappa shape index (κ2) is 6.21. The maximum atomic E-state index is 10.9. The monoisotopic (exact) mass is 335 g/mol. The van der Waals surface area contributed by atoms with Crippen LogP contribution in [0.15, 0.2) is 42.5 Å². The van der Waals surface area contributed by atoms with Gasteiger partial charge in [0.1, 0.15) is 5.72 Å². The van der Waals surface area contributed by atoms with Crippen LogP contribution in [0.4, 0.5) is 0 Å². The van der Waals surface area contributed by atoms with Crippen molar-refractivity contribution in [3.05, 3.63) is 58.1 Å². The van der Waals surface area contributed by atoms with E-state index in [4.69, 9.17) is 23.2 Å². The summed E-state index contributed by atoms with van der Waals surface area (Å²) in [6.45, 7) is 3.74. The summed E-state index contributed by atoms with van der Waals surface area (Å²) in [5.74, 6) is 0. The Labute approximate surface area is 141 Å². The zero-order valence-electron chi connectivity index (χ0n) is 12.5. The number of benzene rings is 2. The number of likely N-dealkylation sites (tertiary alicyclic amines) is 1. The van der Waals surface area contributed by atoms with Gasteiger partial charge in [0, 0.05) is 13.1 Å². The molecule has 0 bridgehead atoms. The van der Waals surface area contributed by atoms with Gasteiger partial charge in [0.15, 0.2) is 0 Å². The SMILES string of the molecule is CC(O)(c1cccc(-c2ccc(Cl)c(Cl)c2)c1)N1CCCC1. The van der Waals surface area contributed by atoms with Gasteiger partial charge in [0.05, 0.1) is 10.0 Å². The second-order valence-corrected chi connectivity index (χ2v) is 6.74. The molecule has 3 rings (SSSR count). The van der Waals surface area contributed by atoms with Gasteiger partial charge in [-0.3, -0.25) is 4.90 Å². The average Bonchev–Trinajstić information content (AvgIpc) is 3.05.